The summed E-state index contributed by atoms with van der Waals surface area (Å²) in [6.45, 7) is 0.963. The first-order chi connectivity index (χ1) is 7.74. The number of rotatable bonds is 2. The number of nitrogens with one attached hydrogen (secondary N) is 1. The molecule has 1 aromatic carbocycles. The van der Waals surface area contributed by atoms with Crippen molar-refractivity contribution >= 4 is 11.7 Å². The van der Waals surface area contributed by atoms with Crippen LogP contribution in [0.1, 0.15) is 5.56 Å². The first-order valence-electron chi connectivity index (χ1n) is 5.03. The predicted octanol–water partition coefficient (Wildman–Crippen LogP) is 0.415. The Balaban J connectivity index is 2.25. The van der Waals surface area contributed by atoms with E-state index in [4.69, 9.17) is 11.0 Å². The second kappa shape index (κ2) is 4.21. The lowest BCUT2D eigenvalue weighted by molar-refractivity contribution is 0.251. The number of nitriles is 1. The van der Waals surface area contributed by atoms with Gasteiger partial charge in [0.05, 0.1) is 17.7 Å². The van der Waals surface area contributed by atoms with Gasteiger partial charge in [-0.25, -0.2) is 4.79 Å². The van der Waals surface area contributed by atoms with Crippen molar-refractivity contribution in [2.75, 3.05) is 18.0 Å². The van der Waals surface area contributed by atoms with Crippen LogP contribution in [0.2, 0.25) is 0 Å². The number of benzene rings is 1. The highest BCUT2D eigenvalue weighted by Crippen LogP contribution is 2.19. The van der Waals surface area contributed by atoms with Crippen LogP contribution in [-0.4, -0.2) is 25.2 Å². The summed E-state index contributed by atoms with van der Waals surface area (Å²) in [6, 6.07) is 8.84. The lowest BCUT2D eigenvalue weighted by Crippen LogP contribution is -2.33. The number of amides is 2. The molecule has 1 atom stereocenters. The smallest absolute Gasteiger partial charge is 0.322 e. The first kappa shape index (κ1) is 10.5. The lowest BCUT2D eigenvalue weighted by Gasteiger charge is -2.14. The number of nitrogens with zero attached hydrogens (tertiary/aromatic N) is 2. The maximum atomic E-state index is 11.6. The van der Waals surface area contributed by atoms with Gasteiger partial charge in [0.25, 0.3) is 0 Å². The van der Waals surface area contributed by atoms with Crippen molar-refractivity contribution in [3.8, 4) is 6.07 Å². The Morgan fingerprint density at radius 2 is 2.44 bits per heavy atom. The number of urea groups is 1. The molecule has 0 radical (unpaired) electrons. The molecule has 1 aromatic rings. The van der Waals surface area contributed by atoms with E-state index in [-0.39, 0.29) is 12.1 Å². The number of anilines is 1. The van der Waals surface area contributed by atoms with Crippen molar-refractivity contribution in [3.05, 3.63) is 29.8 Å². The average Bonchev–Trinajstić information content (AvgIpc) is 2.71. The number of nitrogens with two attached hydrogens (primary N) is 1. The van der Waals surface area contributed by atoms with E-state index in [1.54, 1.807) is 29.2 Å². The van der Waals surface area contributed by atoms with E-state index in [9.17, 15) is 4.79 Å². The van der Waals surface area contributed by atoms with Crippen molar-refractivity contribution < 1.29 is 4.79 Å². The van der Waals surface area contributed by atoms with Gasteiger partial charge in [0, 0.05) is 18.8 Å². The number of carbonyl (C=O) groups is 1. The maximum absolute atomic E-state index is 11.6. The van der Waals surface area contributed by atoms with Crippen LogP contribution in [0.5, 0.6) is 0 Å². The molecule has 82 valence electrons. The number of carbonyl (C=O) groups excluding carboxylic acids is 1. The van der Waals surface area contributed by atoms with E-state index < -0.39 is 0 Å². The Bertz CT molecular complexity index is 452. The second-order valence-corrected chi connectivity index (χ2v) is 3.65. The van der Waals surface area contributed by atoms with Crippen molar-refractivity contribution in [2.45, 2.75) is 6.04 Å². The van der Waals surface area contributed by atoms with Gasteiger partial charge in [0.2, 0.25) is 0 Å². The Morgan fingerprint density at radius 3 is 3.06 bits per heavy atom. The molecule has 5 nitrogen and oxygen atoms in total. The molecule has 0 spiro atoms. The van der Waals surface area contributed by atoms with E-state index in [1.165, 1.54) is 0 Å². The molecule has 1 aliphatic rings. The SMILES string of the molecule is N#Cc1cccc(N2CC(CN)NC2=O)c1. The molecule has 0 aliphatic carbocycles. The van der Waals surface area contributed by atoms with E-state index in [1.807, 2.05) is 6.07 Å². The zero-order valence-electron chi connectivity index (χ0n) is 8.68. The minimum absolute atomic E-state index is 0.0155. The Hall–Kier alpha value is -2.06. The average molecular weight is 216 g/mol. The van der Waals surface area contributed by atoms with Gasteiger partial charge < -0.3 is 11.1 Å². The van der Waals surface area contributed by atoms with Crippen molar-refractivity contribution in [1.82, 2.24) is 5.32 Å². The zero-order chi connectivity index (χ0) is 11.5. The van der Waals surface area contributed by atoms with E-state index >= 15 is 0 Å². The van der Waals surface area contributed by atoms with Gasteiger partial charge in [-0.2, -0.15) is 5.26 Å². The summed E-state index contributed by atoms with van der Waals surface area (Å²) < 4.78 is 0. The fourth-order valence-corrected chi connectivity index (χ4v) is 1.70. The molecule has 16 heavy (non-hydrogen) atoms. The number of hydrogen-bond acceptors (Lipinski definition) is 3. The third kappa shape index (κ3) is 1.83. The van der Waals surface area contributed by atoms with Crippen molar-refractivity contribution in [2.24, 2.45) is 5.73 Å². The summed E-state index contributed by atoms with van der Waals surface area (Å²) in [5.74, 6) is 0. The summed E-state index contributed by atoms with van der Waals surface area (Å²) in [6.07, 6.45) is 0. The molecule has 1 heterocycles. The first-order valence-corrected chi connectivity index (χ1v) is 5.03. The molecule has 3 N–H and O–H groups in total. The van der Waals surface area contributed by atoms with E-state index in [0.29, 0.717) is 18.7 Å². The molecular formula is C11H12N4O. The Kier molecular flexibility index (Phi) is 2.75. The molecule has 1 fully saturated rings. The normalized spacial score (nSPS) is 19.4. The predicted molar refractivity (Wildman–Crippen MR) is 59.9 cm³/mol. The molecule has 1 unspecified atom stereocenters. The van der Waals surface area contributed by atoms with Gasteiger partial charge in [0.1, 0.15) is 0 Å². The topological polar surface area (TPSA) is 82.2 Å². The quantitative estimate of drug-likeness (QED) is 0.751. The highest BCUT2D eigenvalue weighted by molar-refractivity contribution is 5.94. The van der Waals surface area contributed by atoms with Crippen LogP contribution in [-0.2, 0) is 0 Å². The maximum Gasteiger partial charge on any atom is 0.322 e. The van der Waals surface area contributed by atoms with Crippen LogP contribution >= 0.6 is 0 Å². The standard InChI is InChI=1S/C11H12N4O/c12-5-8-2-1-3-10(4-8)15-7-9(6-13)14-11(15)16/h1-4,9H,6-7,13H2,(H,14,16). The summed E-state index contributed by atoms with van der Waals surface area (Å²) in [7, 11) is 0. The summed E-state index contributed by atoms with van der Waals surface area (Å²) in [5, 5.41) is 11.5. The molecule has 5 heteroatoms. The van der Waals surface area contributed by atoms with Crippen LogP contribution < -0.4 is 16.0 Å². The largest absolute Gasteiger partial charge is 0.332 e. The van der Waals surface area contributed by atoms with Gasteiger partial charge in [-0.15, -0.1) is 0 Å². The molecule has 0 aromatic heterocycles. The van der Waals surface area contributed by atoms with Crippen LogP contribution in [0.25, 0.3) is 0 Å². The Labute approximate surface area is 93.5 Å². The van der Waals surface area contributed by atoms with Gasteiger partial charge in [-0.05, 0) is 18.2 Å². The fraction of sp³-hybridized carbons (Fsp3) is 0.273. The minimum atomic E-state index is -0.162. The second-order valence-electron chi connectivity index (χ2n) is 3.65. The highest BCUT2D eigenvalue weighted by Gasteiger charge is 2.28. The van der Waals surface area contributed by atoms with Crippen LogP contribution in [0.3, 0.4) is 0 Å². The van der Waals surface area contributed by atoms with Crippen LogP contribution in [0.4, 0.5) is 10.5 Å². The molecular weight excluding hydrogens is 204 g/mol. The summed E-state index contributed by atoms with van der Waals surface area (Å²) in [5.41, 5.74) is 6.77. The van der Waals surface area contributed by atoms with Gasteiger partial charge in [-0.1, -0.05) is 6.07 Å². The number of hydrogen-bond donors (Lipinski definition) is 2. The van der Waals surface area contributed by atoms with E-state index in [0.717, 1.165) is 5.69 Å². The van der Waals surface area contributed by atoms with Gasteiger partial charge >= 0.3 is 6.03 Å². The third-order valence-electron chi connectivity index (χ3n) is 2.55. The van der Waals surface area contributed by atoms with Crippen LogP contribution in [0.15, 0.2) is 24.3 Å². The highest BCUT2D eigenvalue weighted by atomic mass is 16.2. The van der Waals surface area contributed by atoms with Crippen molar-refractivity contribution in [3.63, 3.8) is 0 Å². The van der Waals surface area contributed by atoms with E-state index in [2.05, 4.69) is 5.32 Å². The molecule has 1 aliphatic heterocycles. The molecule has 2 amide bonds. The molecule has 0 saturated carbocycles. The molecule has 1 saturated heterocycles. The fourth-order valence-electron chi connectivity index (χ4n) is 1.70. The monoisotopic (exact) mass is 216 g/mol. The Morgan fingerprint density at radius 1 is 1.62 bits per heavy atom. The lowest BCUT2D eigenvalue weighted by atomic mass is 10.2. The minimum Gasteiger partial charge on any atom is -0.332 e. The van der Waals surface area contributed by atoms with Crippen LogP contribution in [0, 0.1) is 11.3 Å². The molecule has 2 rings (SSSR count). The van der Waals surface area contributed by atoms with Gasteiger partial charge in [-0.3, -0.25) is 4.90 Å². The summed E-state index contributed by atoms with van der Waals surface area (Å²) >= 11 is 0. The third-order valence-corrected chi connectivity index (χ3v) is 2.55. The van der Waals surface area contributed by atoms with Gasteiger partial charge in [0.15, 0.2) is 0 Å². The summed E-state index contributed by atoms with van der Waals surface area (Å²) in [4.78, 5) is 13.2. The van der Waals surface area contributed by atoms with Crippen molar-refractivity contribution in [1.29, 1.82) is 5.26 Å². The zero-order valence-corrected chi connectivity index (χ0v) is 8.68. The molecule has 0 bridgehead atoms.